The zero-order chi connectivity index (χ0) is 36.7. The molecule has 12 rings (SSSR count). The lowest BCUT2D eigenvalue weighted by Gasteiger charge is -2.26. The third kappa shape index (κ3) is 4.66. The summed E-state index contributed by atoms with van der Waals surface area (Å²) >= 11 is 0. The average molecular weight is 717 g/mol. The largest absolute Gasteiger partial charge is 0.456 e. The molecule has 2 aromatic heterocycles. The van der Waals surface area contributed by atoms with Crippen LogP contribution in [0.2, 0.25) is 0 Å². The van der Waals surface area contributed by atoms with Crippen LogP contribution < -0.4 is 9.64 Å². The number of nitrogens with zero attached hydrogens (tertiary/aromatic N) is 2. The summed E-state index contributed by atoms with van der Waals surface area (Å²) in [6.45, 7) is 0. The number of hydrogen-bond acceptors (Lipinski definition) is 3. The Labute approximate surface area is 322 Å². The second-order valence-corrected chi connectivity index (χ2v) is 14.5. The maximum absolute atomic E-state index is 6.53. The smallest absolute Gasteiger partial charge is 0.135 e. The Morgan fingerprint density at radius 2 is 1.07 bits per heavy atom. The molecular weight excluding hydrogens is 685 g/mol. The molecule has 9 aromatic carbocycles. The van der Waals surface area contributed by atoms with Crippen molar-refractivity contribution in [3.8, 4) is 39.4 Å². The highest BCUT2D eigenvalue weighted by atomic mass is 16.5. The number of furan rings is 1. The number of hydrogen-bond donors (Lipinski definition) is 0. The molecule has 4 nitrogen and oxygen atoms in total. The normalized spacial score (nSPS) is 12.1. The first-order chi connectivity index (χ1) is 27.7. The van der Waals surface area contributed by atoms with Crippen LogP contribution in [0.5, 0.6) is 11.5 Å². The van der Waals surface area contributed by atoms with Crippen molar-refractivity contribution in [2.75, 3.05) is 4.90 Å². The molecule has 1 aliphatic rings. The van der Waals surface area contributed by atoms with Crippen LogP contribution in [0.25, 0.3) is 82.5 Å². The van der Waals surface area contributed by atoms with Gasteiger partial charge in [0.15, 0.2) is 0 Å². The molecule has 0 bridgehead atoms. The Morgan fingerprint density at radius 1 is 0.393 bits per heavy atom. The Bertz CT molecular complexity index is 3330. The molecule has 11 aromatic rings. The molecule has 1 aliphatic heterocycles. The lowest BCUT2D eigenvalue weighted by atomic mass is 9.93. The van der Waals surface area contributed by atoms with Crippen LogP contribution in [0.15, 0.2) is 199 Å². The second-order valence-electron chi connectivity index (χ2n) is 14.5. The number of anilines is 3. The number of para-hydroxylation sites is 3. The van der Waals surface area contributed by atoms with Gasteiger partial charge in [-0.25, -0.2) is 0 Å². The van der Waals surface area contributed by atoms with Crippen LogP contribution in [-0.4, -0.2) is 4.57 Å². The first kappa shape index (κ1) is 30.9. The number of fused-ring (bicyclic) bond motifs is 8. The van der Waals surface area contributed by atoms with Crippen molar-refractivity contribution in [2.24, 2.45) is 0 Å². The van der Waals surface area contributed by atoms with Gasteiger partial charge in [0.05, 0.1) is 11.0 Å². The van der Waals surface area contributed by atoms with Crippen LogP contribution in [0.1, 0.15) is 0 Å². The van der Waals surface area contributed by atoms with Gasteiger partial charge in [0.25, 0.3) is 0 Å². The zero-order valence-electron chi connectivity index (χ0n) is 30.2. The molecule has 262 valence electrons. The van der Waals surface area contributed by atoms with E-state index in [4.69, 9.17) is 9.15 Å². The summed E-state index contributed by atoms with van der Waals surface area (Å²) in [6.07, 6.45) is 0. The van der Waals surface area contributed by atoms with Crippen molar-refractivity contribution in [3.63, 3.8) is 0 Å². The van der Waals surface area contributed by atoms with Gasteiger partial charge >= 0.3 is 0 Å². The van der Waals surface area contributed by atoms with E-state index in [0.29, 0.717) is 0 Å². The van der Waals surface area contributed by atoms with E-state index in [1.54, 1.807) is 0 Å². The minimum absolute atomic E-state index is 0.875. The molecule has 0 radical (unpaired) electrons. The first-order valence-corrected chi connectivity index (χ1v) is 19.0. The summed E-state index contributed by atoms with van der Waals surface area (Å²) in [7, 11) is 0. The Kier molecular flexibility index (Phi) is 6.60. The van der Waals surface area contributed by atoms with E-state index in [2.05, 4.69) is 191 Å². The highest BCUT2D eigenvalue weighted by Crippen LogP contribution is 2.48. The predicted molar refractivity (Wildman–Crippen MR) is 231 cm³/mol. The summed E-state index contributed by atoms with van der Waals surface area (Å²) in [4.78, 5) is 2.35. The number of benzene rings is 9. The van der Waals surface area contributed by atoms with Crippen LogP contribution in [-0.2, 0) is 0 Å². The highest BCUT2D eigenvalue weighted by Gasteiger charge is 2.22. The summed E-state index contributed by atoms with van der Waals surface area (Å²) in [6, 6.07) is 69.1. The van der Waals surface area contributed by atoms with E-state index in [1.807, 2.05) is 12.1 Å². The van der Waals surface area contributed by atoms with E-state index in [9.17, 15) is 0 Å². The molecule has 0 saturated heterocycles. The van der Waals surface area contributed by atoms with Crippen LogP contribution in [0, 0.1) is 0 Å². The molecule has 56 heavy (non-hydrogen) atoms. The Morgan fingerprint density at radius 3 is 1.95 bits per heavy atom. The maximum atomic E-state index is 6.53. The minimum atomic E-state index is 0.875. The first-order valence-electron chi connectivity index (χ1n) is 19.0. The summed E-state index contributed by atoms with van der Waals surface area (Å²) in [5, 5.41) is 6.97. The van der Waals surface area contributed by atoms with Gasteiger partial charge in [-0.1, -0.05) is 103 Å². The molecule has 0 amide bonds. The van der Waals surface area contributed by atoms with Gasteiger partial charge < -0.3 is 18.6 Å². The molecule has 3 heterocycles. The Hall–Kier alpha value is -7.56. The fourth-order valence-corrected chi connectivity index (χ4v) is 8.80. The molecule has 0 unspecified atom stereocenters. The van der Waals surface area contributed by atoms with Crippen molar-refractivity contribution in [1.29, 1.82) is 0 Å². The van der Waals surface area contributed by atoms with Gasteiger partial charge in [-0.15, -0.1) is 0 Å². The minimum Gasteiger partial charge on any atom is -0.456 e. The second kappa shape index (κ2) is 12.0. The average Bonchev–Trinajstić information content (AvgIpc) is 3.80. The zero-order valence-corrected chi connectivity index (χ0v) is 30.2. The molecule has 0 saturated carbocycles. The molecule has 0 spiro atoms. The molecule has 0 atom stereocenters. The summed E-state index contributed by atoms with van der Waals surface area (Å²) in [5.74, 6) is 1.78. The van der Waals surface area contributed by atoms with Crippen LogP contribution in [0.4, 0.5) is 17.1 Å². The van der Waals surface area contributed by atoms with Crippen molar-refractivity contribution >= 4 is 71.6 Å². The van der Waals surface area contributed by atoms with Crippen molar-refractivity contribution < 1.29 is 9.15 Å². The van der Waals surface area contributed by atoms with Crippen molar-refractivity contribution in [2.45, 2.75) is 0 Å². The topological polar surface area (TPSA) is 30.5 Å². The molecular formula is C52H32N2O2. The van der Waals surface area contributed by atoms with E-state index in [1.165, 1.54) is 38.1 Å². The fraction of sp³-hybridized carbons (Fsp3) is 0. The highest BCUT2D eigenvalue weighted by molar-refractivity contribution is 6.11. The lowest BCUT2D eigenvalue weighted by molar-refractivity contribution is 0.487. The van der Waals surface area contributed by atoms with E-state index >= 15 is 0 Å². The van der Waals surface area contributed by atoms with Crippen LogP contribution >= 0.6 is 0 Å². The summed E-state index contributed by atoms with van der Waals surface area (Å²) in [5.41, 5.74) is 13.0. The fourth-order valence-electron chi connectivity index (χ4n) is 8.80. The number of rotatable bonds is 5. The van der Waals surface area contributed by atoms with E-state index in [0.717, 1.165) is 72.9 Å². The van der Waals surface area contributed by atoms with Gasteiger partial charge in [-0.3, -0.25) is 0 Å². The van der Waals surface area contributed by atoms with E-state index in [-0.39, 0.29) is 0 Å². The molecule has 4 heteroatoms. The van der Waals surface area contributed by atoms with E-state index < -0.39 is 0 Å². The lowest BCUT2D eigenvalue weighted by Crippen LogP contribution is -2.10. The van der Waals surface area contributed by atoms with Gasteiger partial charge in [-0.05, 0) is 113 Å². The summed E-state index contributed by atoms with van der Waals surface area (Å²) < 4.78 is 15.1. The maximum Gasteiger partial charge on any atom is 0.135 e. The quantitative estimate of drug-likeness (QED) is 0.178. The Balaban J connectivity index is 1.00. The molecule has 0 fully saturated rings. The van der Waals surface area contributed by atoms with Crippen molar-refractivity contribution in [1.82, 2.24) is 4.57 Å². The van der Waals surface area contributed by atoms with Crippen LogP contribution in [0.3, 0.4) is 0 Å². The molecule has 0 N–H and O–H groups in total. The third-order valence-corrected chi connectivity index (χ3v) is 11.4. The SMILES string of the molecule is c1ccc(-n2c3ccccc3c3cc(N(c4ccc(-c5ccc6c(c5)Oc5cccc7cccc-6c57)cc4)c4ccc5oc6ccccc6c5c4)ccc32)cc1. The monoisotopic (exact) mass is 716 g/mol. The predicted octanol–water partition coefficient (Wildman–Crippen LogP) is 14.7. The van der Waals surface area contributed by atoms with Gasteiger partial charge in [0.1, 0.15) is 22.7 Å². The molecule has 0 aliphatic carbocycles. The standard InChI is InChI=1S/C52H32N2O2/c1-2-12-36(13-3-1)54-46-17-6-4-14-40(46)44-31-38(25-28-47(44)54)53(39-26-29-49-45(32-39)41-15-5-7-18-48(41)55-49)37-23-20-33(21-24-37)35-22-27-42-43-16-8-10-34-11-9-19-50(52(34)43)56-51(42)30-35/h1-32H. The van der Waals surface area contributed by atoms with Gasteiger partial charge in [0, 0.05) is 55.2 Å². The van der Waals surface area contributed by atoms with Crippen molar-refractivity contribution in [3.05, 3.63) is 194 Å². The van der Waals surface area contributed by atoms with Gasteiger partial charge in [-0.2, -0.15) is 0 Å². The number of ether oxygens (including phenoxy) is 1. The van der Waals surface area contributed by atoms with Gasteiger partial charge in [0.2, 0.25) is 0 Å². The number of aromatic nitrogens is 1. The third-order valence-electron chi connectivity index (χ3n) is 11.4.